The predicted octanol–water partition coefficient (Wildman–Crippen LogP) is 4.05. The lowest BCUT2D eigenvalue weighted by Gasteiger charge is -2.16. The molecular formula is C24H34IN3O4. The molecule has 0 aromatic heterocycles. The van der Waals surface area contributed by atoms with Gasteiger partial charge < -0.3 is 29.6 Å². The Labute approximate surface area is 207 Å². The number of hydrogen-bond donors (Lipinski definition) is 2. The van der Waals surface area contributed by atoms with E-state index in [9.17, 15) is 0 Å². The highest BCUT2D eigenvalue weighted by Gasteiger charge is 2.11. The van der Waals surface area contributed by atoms with Gasteiger partial charge in [0.05, 0.1) is 19.8 Å². The lowest BCUT2D eigenvalue weighted by molar-refractivity contribution is 0.171. The number of aryl methyl sites for hydroxylation is 1. The Bertz CT molecular complexity index is 876. The van der Waals surface area contributed by atoms with Crippen molar-refractivity contribution in [2.45, 2.75) is 32.9 Å². The summed E-state index contributed by atoms with van der Waals surface area (Å²) in [5, 5.41) is 6.72. The van der Waals surface area contributed by atoms with Crippen molar-refractivity contribution >= 4 is 29.9 Å². The molecule has 7 nitrogen and oxygen atoms in total. The maximum absolute atomic E-state index is 5.97. The topological polar surface area (TPSA) is 73.3 Å². The van der Waals surface area contributed by atoms with Gasteiger partial charge in [0.1, 0.15) is 5.75 Å². The molecule has 1 aliphatic heterocycles. The molecule has 2 aromatic rings. The summed E-state index contributed by atoms with van der Waals surface area (Å²) >= 11 is 0. The Morgan fingerprint density at radius 1 is 1.00 bits per heavy atom. The predicted molar refractivity (Wildman–Crippen MR) is 138 cm³/mol. The van der Waals surface area contributed by atoms with Gasteiger partial charge in [0, 0.05) is 52.3 Å². The number of nitrogens with zero attached hydrogens (tertiary/aromatic N) is 1. The third-order valence-corrected chi connectivity index (χ3v) is 4.91. The van der Waals surface area contributed by atoms with Crippen LogP contribution in [0.5, 0.6) is 17.2 Å². The Hall–Kier alpha value is -2.20. The highest BCUT2D eigenvalue weighted by Crippen LogP contribution is 2.30. The minimum atomic E-state index is 0. The van der Waals surface area contributed by atoms with Gasteiger partial charge in [0.25, 0.3) is 0 Å². The number of methoxy groups -OCH3 is 1. The maximum atomic E-state index is 5.97. The summed E-state index contributed by atoms with van der Waals surface area (Å²) in [4.78, 5) is 4.34. The number of benzene rings is 2. The Kier molecular flexibility index (Phi) is 11.4. The minimum absolute atomic E-state index is 0. The molecule has 0 unspecified atom stereocenters. The van der Waals surface area contributed by atoms with Crippen LogP contribution in [0.25, 0.3) is 0 Å². The number of fused-ring (bicyclic) bond motifs is 1. The van der Waals surface area contributed by atoms with E-state index in [4.69, 9.17) is 18.9 Å². The van der Waals surface area contributed by atoms with E-state index in [1.165, 1.54) is 5.56 Å². The van der Waals surface area contributed by atoms with Crippen molar-refractivity contribution in [1.82, 2.24) is 10.6 Å². The van der Waals surface area contributed by atoms with Gasteiger partial charge in [-0.3, -0.25) is 4.99 Å². The van der Waals surface area contributed by atoms with Crippen molar-refractivity contribution in [3.63, 3.8) is 0 Å². The number of guanidine groups is 1. The summed E-state index contributed by atoms with van der Waals surface area (Å²) in [6.45, 7) is 6.00. The van der Waals surface area contributed by atoms with E-state index in [0.29, 0.717) is 39.5 Å². The quantitative estimate of drug-likeness (QED) is 0.211. The lowest BCUT2D eigenvalue weighted by Crippen LogP contribution is -2.36. The van der Waals surface area contributed by atoms with E-state index in [0.717, 1.165) is 47.2 Å². The van der Waals surface area contributed by atoms with E-state index < -0.39 is 0 Å². The van der Waals surface area contributed by atoms with Crippen molar-refractivity contribution in [2.24, 2.45) is 4.99 Å². The summed E-state index contributed by atoms with van der Waals surface area (Å²) in [7, 11) is 3.47. The van der Waals surface area contributed by atoms with Gasteiger partial charge in [-0.15, -0.1) is 24.0 Å². The van der Waals surface area contributed by atoms with Gasteiger partial charge in [-0.05, 0) is 36.2 Å². The third-order valence-electron chi connectivity index (χ3n) is 4.91. The third kappa shape index (κ3) is 8.05. The number of ether oxygens (including phenoxy) is 4. The molecule has 1 aliphatic rings. The van der Waals surface area contributed by atoms with Gasteiger partial charge >= 0.3 is 0 Å². The first kappa shape index (κ1) is 26.1. The van der Waals surface area contributed by atoms with Gasteiger partial charge in [0.15, 0.2) is 17.5 Å². The zero-order valence-electron chi connectivity index (χ0n) is 19.1. The molecule has 0 radical (unpaired) electrons. The monoisotopic (exact) mass is 555 g/mol. The number of aliphatic imine (C=N–C) groups is 1. The van der Waals surface area contributed by atoms with Crippen LogP contribution in [-0.4, -0.2) is 46.5 Å². The largest absolute Gasteiger partial charge is 0.493 e. The summed E-state index contributed by atoms with van der Waals surface area (Å²) in [6, 6.07) is 12.3. The highest BCUT2D eigenvalue weighted by atomic mass is 127. The zero-order chi connectivity index (χ0) is 21.9. The Morgan fingerprint density at radius 2 is 1.78 bits per heavy atom. The fraction of sp³-hybridized carbons (Fsp3) is 0.458. The zero-order valence-corrected chi connectivity index (χ0v) is 21.4. The molecule has 176 valence electrons. The fourth-order valence-electron chi connectivity index (χ4n) is 3.23. The number of nitrogens with one attached hydrogen (secondary N) is 2. The van der Waals surface area contributed by atoms with Gasteiger partial charge in [0.2, 0.25) is 0 Å². The minimum Gasteiger partial charge on any atom is -0.493 e. The van der Waals surface area contributed by atoms with Crippen molar-refractivity contribution in [3.8, 4) is 17.2 Å². The molecule has 2 aromatic carbocycles. The van der Waals surface area contributed by atoms with Crippen LogP contribution < -0.4 is 24.8 Å². The first-order valence-corrected chi connectivity index (χ1v) is 10.7. The van der Waals surface area contributed by atoms with Crippen LogP contribution in [0, 0.1) is 6.92 Å². The molecule has 32 heavy (non-hydrogen) atoms. The van der Waals surface area contributed by atoms with Crippen molar-refractivity contribution in [3.05, 3.63) is 53.1 Å². The highest BCUT2D eigenvalue weighted by molar-refractivity contribution is 14.0. The average Bonchev–Trinajstić information content (AvgIpc) is 3.03. The SMILES string of the molecule is CN=C(NCc1ccc2c(c1)OCCCO2)NCc1ccc(C)cc1OCCCOC.I. The van der Waals surface area contributed by atoms with E-state index in [-0.39, 0.29) is 24.0 Å². The van der Waals surface area contributed by atoms with Crippen LogP contribution in [0.4, 0.5) is 0 Å². The van der Waals surface area contributed by atoms with E-state index in [2.05, 4.69) is 40.7 Å². The molecule has 0 saturated heterocycles. The van der Waals surface area contributed by atoms with Gasteiger partial charge in [-0.25, -0.2) is 0 Å². The first-order chi connectivity index (χ1) is 15.2. The van der Waals surface area contributed by atoms with E-state index in [1.807, 2.05) is 18.2 Å². The molecule has 1 heterocycles. The molecule has 0 saturated carbocycles. The second-order valence-electron chi connectivity index (χ2n) is 7.42. The molecule has 0 spiro atoms. The van der Waals surface area contributed by atoms with Gasteiger partial charge in [-0.2, -0.15) is 0 Å². The van der Waals surface area contributed by atoms with Crippen molar-refractivity contribution in [1.29, 1.82) is 0 Å². The molecule has 0 atom stereocenters. The summed E-state index contributed by atoms with van der Waals surface area (Å²) in [5.41, 5.74) is 3.36. The number of rotatable bonds is 9. The molecule has 0 aliphatic carbocycles. The fourth-order valence-corrected chi connectivity index (χ4v) is 3.23. The van der Waals surface area contributed by atoms with Crippen LogP contribution in [-0.2, 0) is 17.8 Å². The maximum Gasteiger partial charge on any atom is 0.191 e. The smallest absolute Gasteiger partial charge is 0.191 e. The van der Waals surface area contributed by atoms with Crippen LogP contribution in [0.3, 0.4) is 0 Å². The Balaban J connectivity index is 0.00000363. The summed E-state index contributed by atoms with van der Waals surface area (Å²) in [5.74, 6) is 3.22. The van der Waals surface area contributed by atoms with Gasteiger partial charge in [-0.1, -0.05) is 18.2 Å². The first-order valence-electron chi connectivity index (χ1n) is 10.7. The second kappa shape index (κ2) is 14.1. The van der Waals surface area contributed by atoms with Crippen LogP contribution in [0.15, 0.2) is 41.4 Å². The Morgan fingerprint density at radius 3 is 2.56 bits per heavy atom. The molecule has 8 heteroatoms. The van der Waals surface area contributed by atoms with Crippen molar-refractivity contribution in [2.75, 3.05) is 40.6 Å². The molecule has 0 bridgehead atoms. The van der Waals surface area contributed by atoms with Crippen LogP contribution >= 0.6 is 24.0 Å². The van der Waals surface area contributed by atoms with E-state index >= 15 is 0 Å². The number of halogens is 1. The standard InChI is InChI=1S/C24H33N3O4.HI/c1-18-6-8-20(22(14-18)30-11-4-10-28-3)17-27-24(25-2)26-16-19-7-9-21-23(15-19)31-13-5-12-29-21;/h6-9,14-15H,4-5,10-13,16-17H2,1-3H3,(H2,25,26,27);1H. The van der Waals surface area contributed by atoms with Crippen LogP contribution in [0.2, 0.25) is 0 Å². The normalized spacial score (nSPS) is 13.0. The molecular weight excluding hydrogens is 521 g/mol. The van der Waals surface area contributed by atoms with E-state index in [1.54, 1.807) is 14.2 Å². The molecule has 2 N–H and O–H groups in total. The average molecular weight is 555 g/mol. The van der Waals surface area contributed by atoms with Crippen LogP contribution in [0.1, 0.15) is 29.5 Å². The lowest BCUT2D eigenvalue weighted by atomic mass is 10.1. The molecule has 0 amide bonds. The second-order valence-corrected chi connectivity index (χ2v) is 7.42. The molecule has 3 rings (SSSR count). The number of hydrogen-bond acceptors (Lipinski definition) is 5. The van der Waals surface area contributed by atoms with Crippen molar-refractivity contribution < 1.29 is 18.9 Å². The summed E-state index contributed by atoms with van der Waals surface area (Å²) < 4.78 is 22.5. The summed E-state index contributed by atoms with van der Waals surface area (Å²) in [6.07, 6.45) is 1.76. The molecule has 0 fully saturated rings.